The van der Waals surface area contributed by atoms with Crippen LogP contribution in [0.25, 0.3) is 22.2 Å². The Bertz CT molecular complexity index is 1670. The maximum absolute atomic E-state index is 14.3. The second-order valence-electron chi connectivity index (χ2n) is 8.60. The summed E-state index contributed by atoms with van der Waals surface area (Å²) in [6.07, 6.45) is -1.44. The quantitative estimate of drug-likeness (QED) is 0.313. The fourth-order valence-corrected chi connectivity index (χ4v) is 4.23. The fourth-order valence-electron chi connectivity index (χ4n) is 4.23. The molecule has 1 amide bonds. The summed E-state index contributed by atoms with van der Waals surface area (Å²) < 4.78 is 44.3. The van der Waals surface area contributed by atoms with Gasteiger partial charge in [-0.05, 0) is 45.0 Å². The Labute approximate surface area is 221 Å². The highest BCUT2D eigenvalue weighted by Crippen LogP contribution is 2.37. The fraction of sp³-hybridized carbons (Fsp3) is 0.214. The molecule has 0 radical (unpaired) electrons. The monoisotopic (exact) mass is 537 g/mol. The van der Waals surface area contributed by atoms with Crippen LogP contribution in [-0.4, -0.2) is 35.6 Å². The summed E-state index contributed by atoms with van der Waals surface area (Å²) in [5, 5.41) is 0.631. The summed E-state index contributed by atoms with van der Waals surface area (Å²) in [5.41, 5.74) is 4.71. The summed E-state index contributed by atoms with van der Waals surface area (Å²) >= 11 is 0. The maximum Gasteiger partial charge on any atom is 0.344 e. The standard InChI is InChI=1S/C28H25F2N3O6/c1-5-38-28(36)21-23(32-14(3)20(24(21)34)25(37-4)26(31)35)16-12-15-8-6-7-9-18(15)33-27(16)39-19-11-10-17(29)22(30)13(19)2/h6-12,25H,5H2,1-4H3,(H2,31,35)(H,32,34). The molecule has 11 heteroatoms. The van der Waals surface area contributed by atoms with Crippen LogP contribution in [0.15, 0.2) is 47.3 Å². The number of nitrogens with two attached hydrogens (primary N) is 1. The molecule has 4 rings (SSSR count). The molecule has 0 spiro atoms. The highest BCUT2D eigenvalue weighted by molar-refractivity contribution is 5.99. The molecule has 202 valence electrons. The van der Waals surface area contributed by atoms with Gasteiger partial charge in [0.05, 0.1) is 28.9 Å². The molecule has 2 aromatic carbocycles. The minimum Gasteiger partial charge on any atom is -0.462 e. The van der Waals surface area contributed by atoms with Crippen molar-refractivity contribution >= 4 is 22.8 Å². The van der Waals surface area contributed by atoms with E-state index in [9.17, 15) is 23.2 Å². The maximum atomic E-state index is 14.3. The third-order valence-electron chi connectivity index (χ3n) is 6.13. The number of methoxy groups -OCH3 is 1. The molecule has 3 N–H and O–H groups in total. The number of esters is 1. The van der Waals surface area contributed by atoms with Crippen molar-refractivity contribution in [3.63, 3.8) is 0 Å². The lowest BCUT2D eigenvalue weighted by molar-refractivity contribution is -0.128. The second kappa shape index (κ2) is 11.0. The van der Waals surface area contributed by atoms with Gasteiger partial charge in [-0.3, -0.25) is 9.59 Å². The van der Waals surface area contributed by atoms with Crippen LogP contribution in [0.1, 0.15) is 40.2 Å². The van der Waals surface area contributed by atoms with Gasteiger partial charge in [0.1, 0.15) is 11.3 Å². The minimum absolute atomic E-state index is 0.0208. The van der Waals surface area contributed by atoms with Crippen LogP contribution in [0, 0.1) is 25.5 Å². The van der Waals surface area contributed by atoms with Crippen LogP contribution in [0.2, 0.25) is 0 Å². The first-order valence-electron chi connectivity index (χ1n) is 11.9. The molecule has 2 heterocycles. The summed E-state index contributed by atoms with van der Waals surface area (Å²) in [7, 11) is 1.20. The average Bonchev–Trinajstić information content (AvgIpc) is 2.90. The van der Waals surface area contributed by atoms with Gasteiger partial charge in [-0.25, -0.2) is 18.6 Å². The zero-order valence-corrected chi connectivity index (χ0v) is 21.6. The second-order valence-corrected chi connectivity index (χ2v) is 8.60. The Hall–Kier alpha value is -4.64. The predicted molar refractivity (Wildman–Crippen MR) is 139 cm³/mol. The molecule has 1 unspecified atom stereocenters. The van der Waals surface area contributed by atoms with E-state index < -0.39 is 40.6 Å². The van der Waals surface area contributed by atoms with E-state index in [0.29, 0.717) is 10.9 Å². The van der Waals surface area contributed by atoms with E-state index in [0.717, 1.165) is 6.07 Å². The number of aromatic nitrogens is 2. The van der Waals surface area contributed by atoms with Crippen molar-refractivity contribution < 1.29 is 32.6 Å². The number of halogens is 2. The number of para-hydroxylation sites is 1. The van der Waals surface area contributed by atoms with Gasteiger partial charge in [0.2, 0.25) is 11.3 Å². The molecule has 4 aromatic rings. The number of primary amides is 1. The number of aromatic amines is 1. The van der Waals surface area contributed by atoms with Crippen LogP contribution >= 0.6 is 0 Å². The molecule has 9 nitrogen and oxygen atoms in total. The molecule has 0 saturated heterocycles. The number of rotatable bonds is 8. The minimum atomic E-state index is -1.44. The van der Waals surface area contributed by atoms with Gasteiger partial charge < -0.3 is 24.9 Å². The number of nitrogens with one attached hydrogen (secondary N) is 1. The zero-order chi connectivity index (χ0) is 28.4. The molecule has 0 aliphatic rings. The number of hydrogen-bond donors (Lipinski definition) is 2. The molecule has 2 aromatic heterocycles. The third kappa shape index (κ3) is 5.08. The van der Waals surface area contributed by atoms with Gasteiger partial charge in [0.25, 0.3) is 5.91 Å². The van der Waals surface area contributed by atoms with Crippen molar-refractivity contribution in [2.24, 2.45) is 5.73 Å². The number of hydrogen-bond acceptors (Lipinski definition) is 7. The lowest BCUT2D eigenvalue weighted by atomic mass is 9.98. The van der Waals surface area contributed by atoms with Crippen LogP contribution in [0.4, 0.5) is 8.78 Å². The zero-order valence-electron chi connectivity index (χ0n) is 21.6. The molecule has 0 saturated carbocycles. The smallest absolute Gasteiger partial charge is 0.344 e. The van der Waals surface area contributed by atoms with Gasteiger partial charge in [0, 0.05) is 23.8 Å². The molecule has 39 heavy (non-hydrogen) atoms. The average molecular weight is 538 g/mol. The van der Waals surface area contributed by atoms with Gasteiger partial charge in [-0.15, -0.1) is 0 Å². The Balaban J connectivity index is 2.06. The molecular formula is C28H25F2N3O6. The van der Waals surface area contributed by atoms with Crippen LogP contribution in [0.3, 0.4) is 0 Å². The third-order valence-corrected chi connectivity index (χ3v) is 6.13. The number of benzene rings is 2. The topological polar surface area (TPSA) is 134 Å². The van der Waals surface area contributed by atoms with Gasteiger partial charge in [0.15, 0.2) is 17.7 Å². The summed E-state index contributed by atoms with van der Waals surface area (Å²) in [6.45, 7) is 4.38. The predicted octanol–water partition coefficient (Wildman–Crippen LogP) is 4.63. The summed E-state index contributed by atoms with van der Waals surface area (Å²) in [6, 6.07) is 10.8. The van der Waals surface area contributed by atoms with Crippen molar-refractivity contribution in [2.45, 2.75) is 26.9 Å². The Morgan fingerprint density at radius 1 is 1.13 bits per heavy atom. The van der Waals surface area contributed by atoms with E-state index in [1.165, 1.54) is 27.0 Å². The normalized spacial score (nSPS) is 11.8. The van der Waals surface area contributed by atoms with E-state index in [1.807, 2.05) is 0 Å². The number of ether oxygens (including phenoxy) is 3. The number of amides is 1. The van der Waals surface area contributed by atoms with Crippen LogP contribution < -0.4 is 15.9 Å². The van der Waals surface area contributed by atoms with Crippen molar-refractivity contribution in [3.05, 3.63) is 86.7 Å². The highest BCUT2D eigenvalue weighted by atomic mass is 19.2. The number of carbonyl (C=O) groups excluding carboxylic acids is 2. The van der Waals surface area contributed by atoms with Crippen molar-refractivity contribution in [1.29, 1.82) is 0 Å². The first-order valence-corrected chi connectivity index (χ1v) is 11.9. The Morgan fingerprint density at radius 3 is 2.51 bits per heavy atom. The van der Waals surface area contributed by atoms with Crippen molar-refractivity contribution in [1.82, 2.24) is 9.97 Å². The largest absolute Gasteiger partial charge is 0.462 e. The molecule has 0 aliphatic carbocycles. The molecule has 0 fully saturated rings. The van der Waals surface area contributed by atoms with Crippen LogP contribution in [-0.2, 0) is 14.3 Å². The SMILES string of the molecule is CCOC(=O)c1c(-c2cc3ccccc3nc2Oc2ccc(F)c(F)c2C)[nH]c(C)c(C(OC)C(N)=O)c1=O. The first kappa shape index (κ1) is 27.4. The number of carbonyl (C=O) groups is 2. The van der Waals surface area contributed by atoms with Crippen molar-refractivity contribution in [2.75, 3.05) is 13.7 Å². The number of pyridine rings is 2. The van der Waals surface area contributed by atoms with E-state index in [-0.39, 0.29) is 46.3 Å². The summed E-state index contributed by atoms with van der Waals surface area (Å²) in [4.78, 5) is 46.4. The Morgan fingerprint density at radius 2 is 1.85 bits per heavy atom. The van der Waals surface area contributed by atoms with Gasteiger partial charge in [-0.2, -0.15) is 0 Å². The summed E-state index contributed by atoms with van der Waals surface area (Å²) in [5.74, 6) is -4.17. The number of H-pyrrole nitrogens is 1. The Kier molecular flexibility index (Phi) is 7.73. The highest BCUT2D eigenvalue weighted by Gasteiger charge is 2.31. The van der Waals surface area contributed by atoms with E-state index in [1.54, 1.807) is 37.3 Å². The number of fused-ring (bicyclic) bond motifs is 1. The number of nitrogens with zero attached hydrogens (tertiary/aromatic N) is 1. The van der Waals surface area contributed by atoms with Crippen LogP contribution in [0.5, 0.6) is 11.6 Å². The lowest BCUT2D eigenvalue weighted by Gasteiger charge is -2.19. The molecule has 1 atom stereocenters. The first-order chi connectivity index (χ1) is 18.6. The molecule has 0 bridgehead atoms. The van der Waals surface area contributed by atoms with E-state index in [4.69, 9.17) is 19.9 Å². The van der Waals surface area contributed by atoms with E-state index in [2.05, 4.69) is 9.97 Å². The number of aryl methyl sites for hydroxylation is 1. The molecule has 0 aliphatic heterocycles. The lowest BCUT2D eigenvalue weighted by Crippen LogP contribution is -2.32. The van der Waals surface area contributed by atoms with E-state index >= 15 is 0 Å². The van der Waals surface area contributed by atoms with Crippen molar-refractivity contribution in [3.8, 4) is 22.9 Å². The molecular weight excluding hydrogens is 512 g/mol. The van der Waals surface area contributed by atoms with Gasteiger partial charge in [-0.1, -0.05) is 18.2 Å². The van der Waals surface area contributed by atoms with Gasteiger partial charge >= 0.3 is 5.97 Å².